The standard InChI is InChI=1S/C22H26N2O3/c1-4-27-21(25)14-20-19-8-6-5-7-17(19)9-10-24(20)22(26)23-18-12-15(2)11-16(3)13-18/h5-8,11-13,20H,4,9-10,14H2,1-3H3,(H,23,26)/t20-/m0/s1. The zero-order valence-corrected chi connectivity index (χ0v) is 16.1. The number of aryl methyl sites for hydroxylation is 2. The van der Waals surface area contributed by atoms with E-state index < -0.39 is 0 Å². The molecular weight excluding hydrogens is 340 g/mol. The number of nitrogens with one attached hydrogen (secondary N) is 1. The Morgan fingerprint density at radius 1 is 1.15 bits per heavy atom. The molecule has 1 aliphatic rings. The average molecular weight is 366 g/mol. The fraction of sp³-hybridized carbons (Fsp3) is 0.364. The molecule has 0 fully saturated rings. The molecule has 1 N–H and O–H groups in total. The molecule has 3 rings (SSSR count). The molecule has 0 aliphatic carbocycles. The molecule has 2 aromatic rings. The summed E-state index contributed by atoms with van der Waals surface area (Å²) in [6, 6.07) is 13.4. The Bertz CT molecular complexity index is 827. The second kappa shape index (κ2) is 8.25. The van der Waals surface area contributed by atoms with Crippen molar-refractivity contribution in [1.29, 1.82) is 0 Å². The van der Waals surface area contributed by atoms with Gasteiger partial charge in [0.2, 0.25) is 0 Å². The summed E-state index contributed by atoms with van der Waals surface area (Å²) in [5.41, 5.74) is 5.16. The fourth-order valence-electron chi connectivity index (χ4n) is 3.73. The Balaban J connectivity index is 1.85. The maximum atomic E-state index is 13.0. The van der Waals surface area contributed by atoms with Crippen molar-refractivity contribution in [2.75, 3.05) is 18.5 Å². The third-order valence-corrected chi connectivity index (χ3v) is 4.81. The summed E-state index contributed by atoms with van der Waals surface area (Å²) >= 11 is 0. The van der Waals surface area contributed by atoms with Crippen molar-refractivity contribution in [1.82, 2.24) is 4.90 Å². The van der Waals surface area contributed by atoms with Gasteiger partial charge >= 0.3 is 12.0 Å². The van der Waals surface area contributed by atoms with Crippen LogP contribution in [0.3, 0.4) is 0 Å². The lowest BCUT2D eigenvalue weighted by molar-refractivity contribution is -0.144. The summed E-state index contributed by atoms with van der Waals surface area (Å²) in [5, 5.41) is 2.99. The van der Waals surface area contributed by atoms with Gasteiger partial charge in [-0.05, 0) is 61.6 Å². The normalized spacial score (nSPS) is 15.8. The molecule has 1 aliphatic heterocycles. The molecule has 5 heteroatoms. The smallest absolute Gasteiger partial charge is 0.322 e. The van der Waals surface area contributed by atoms with Gasteiger partial charge in [-0.25, -0.2) is 4.79 Å². The van der Waals surface area contributed by atoms with Crippen LogP contribution in [0.4, 0.5) is 10.5 Å². The molecule has 142 valence electrons. The largest absolute Gasteiger partial charge is 0.466 e. The Kier molecular flexibility index (Phi) is 5.79. The highest BCUT2D eigenvalue weighted by molar-refractivity contribution is 5.90. The van der Waals surface area contributed by atoms with E-state index in [2.05, 4.69) is 17.4 Å². The SMILES string of the molecule is CCOC(=O)C[C@H]1c2ccccc2CCN1C(=O)Nc1cc(C)cc(C)c1. The predicted molar refractivity (Wildman–Crippen MR) is 106 cm³/mol. The van der Waals surface area contributed by atoms with Crippen LogP contribution in [0.15, 0.2) is 42.5 Å². The summed E-state index contributed by atoms with van der Waals surface area (Å²) in [6.45, 7) is 6.70. The van der Waals surface area contributed by atoms with Crippen LogP contribution in [0.5, 0.6) is 0 Å². The average Bonchev–Trinajstić information content (AvgIpc) is 2.61. The Labute approximate surface area is 160 Å². The lowest BCUT2D eigenvalue weighted by Crippen LogP contribution is -2.43. The van der Waals surface area contributed by atoms with Crippen molar-refractivity contribution in [2.24, 2.45) is 0 Å². The molecule has 5 nitrogen and oxygen atoms in total. The lowest BCUT2D eigenvalue weighted by atomic mass is 9.91. The monoisotopic (exact) mass is 366 g/mol. The van der Waals surface area contributed by atoms with E-state index in [1.807, 2.05) is 44.2 Å². The number of anilines is 1. The molecule has 0 saturated heterocycles. The summed E-state index contributed by atoms with van der Waals surface area (Å²) in [5.74, 6) is -0.289. The van der Waals surface area contributed by atoms with E-state index in [0.29, 0.717) is 13.2 Å². The molecule has 0 bridgehead atoms. The van der Waals surface area contributed by atoms with Gasteiger partial charge in [-0.15, -0.1) is 0 Å². The van der Waals surface area contributed by atoms with Crippen LogP contribution in [0.25, 0.3) is 0 Å². The summed E-state index contributed by atoms with van der Waals surface area (Å²) in [6.07, 6.45) is 0.931. The number of amides is 2. The van der Waals surface area contributed by atoms with Crippen LogP contribution < -0.4 is 5.32 Å². The Hall–Kier alpha value is -2.82. The highest BCUT2D eigenvalue weighted by Crippen LogP contribution is 2.33. The van der Waals surface area contributed by atoms with Crippen molar-refractivity contribution in [3.05, 3.63) is 64.7 Å². The van der Waals surface area contributed by atoms with Gasteiger partial charge in [-0.2, -0.15) is 0 Å². The Morgan fingerprint density at radius 3 is 2.56 bits per heavy atom. The van der Waals surface area contributed by atoms with Crippen LogP contribution >= 0.6 is 0 Å². The minimum absolute atomic E-state index is 0.158. The summed E-state index contributed by atoms with van der Waals surface area (Å²) in [4.78, 5) is 26.9. The number of ether oxygens (including phenoxy) is 1. The quantitative estimate of drug-likeness (QED) is 0.817. The van der Waals surface area contributed by atoms with E-state index >= 15 is 0 Å². The van der Waals surface area contributed by atoms with Gasteiger partial charge in [0.15, 0.2) is 0 Å². The maximum Gasteiger partial charge on any atom is 0.322 e. The molecule has 1 atom stereocenters. The first-order chi connectivity index (χ1) is 13.0. The maximum absolute atomic E-state index is 13.0. The highest BCUT2D eigenvalue weighted by atomic mass is 16.5. The van der Waals surface area contributed by atoms with Gasteiger partial charge in [-0.1, -0.05) is 30.3 Å². The van der Waals surface area contributed by atoms with E-state index in [9.17, 15) is 9.59 Å². The van der Waals surface area contributed by atoms with Crippen molar-refractivity contribution in [2.45, 2.75) is 39.7 Å². The van der Waals surface area contributed by atoms with Crippen LogP contribution in [-0.2, 0) is 16.0 Å². The number of nitrogens with zero attached hydrogens (tertiary/aromatic N) is 1. The zero-order chi connectivity index (χ0) is 19.4. The highest BCUT2D eigenvalue weighted by Gasteiger charge is 2.32. The minimum Gasteiger partial charge on any atom is -0.466 e. The molecule has 0 aromatic heterocycles. The Morgan fingerprint density at radius 2 is 1.85 bits per heavy atom. The third-order valence-electron chi connectivity index (χ3n) is 4.81. The number of urea groups is 1. The van der Waals surface area contributed by atoms with Crippen molar-refractivity contribution < 1.29 is 14.3 Å². The second-order valence-corrected chi connectivity index (χ2v) is 6.97. The molecule has 27 heavy (non-hydrogen) atoms. The van der Waals surface area contributed by atoms with Gasteiger partial charge in [0.1, 0.15) is 0 Å². The molecule has 0 saturated carbocycles. The van der Waals surface area contributed by atoms with E-state index in [0.717, 1.165) is 28.8 Å². The number of esters is 1. The predicted octanol–water partition coefficient (Wildman–Crippen LogP) is 4.39. The number of rotatable bonds is 4. The van der Waals surface area contributed by atoms with Crippen LogP contribution in [-0.4, -0.2) is 30.1 Å². The first-order valence-electron chi connectivity index (χ1n) is 9.37. The fourth-order valence-corrected chi connectivity index (χ4v) is 3.73. The van der Waals surface area contributed by atoms with E-state index in [1.54, 1.807) is 11.8 Å². The summed E-state index contributed by atoms with van der Waals surface area (Å²) < 4.78 is 5.14. The van der Waals surface area contributed by atoms with E-state index in [4.69, 9.17) is 4.74 Å². The second-order valence-electron chi connectivity index (χ2n) is 6.97. The van der Waals surface area contributed by atoms with Crippen molar-refractivity contribution in [3.8, 4) is 0 Å². The molecule has 2 aromatic carbocycles. The molecule has 0 spiro atoms. The minimum atomic E-state index is -0.320. The summed E-state index contributed by atoms with van der Waals surface area (Å²) in [7, 11) is 0. The zero-order valence-electron chi connectivity index (χ0n) is 16.1. The molecule has 1 heterocycles. The van der Waals surface area contributed by atoms with Crippen LogP contribution in [0.1, 0.15) is 41.6 Å². The van der Waals surface area contributed by atoms with Gasteiger partial charge < -0.3 is 15.0 Å². The number of carbonyl (C=O) groups excluding carboxylic acids is 2. The topological polar surface area (TPSA) is 58.6 Å². The number of fused-ring (bicyclic) bond motifs is 1. The third kappa shape index (κ3) is 4.48. The van der Waals surface area contributed by atoms with Crippen molar-refractivity contribution in [3.63, 3.8) is 0 Å². The van der Waals surface area contributed by atoms with Crippen molar-refractivity contribution >= 4 is 17.7 Å². The van der Waals surface area contributed by atoms with Gasteiger partial charge in [0.25, 0.3) is 0 Å². The lowest BCUT2D eigenvalue weighted by Gasteiger charge is -2.37. The van der Waals surface area contributed by atoms with Crippen LogP contribution in [0.2, 0.25) is 0 Å². The van der Waals surface area contributed by atoms with Gasteiger partial charge in [0.05, 0.1) is 19.1 Å². The molecule has 0 unspecified atom stereocenters. The molecule has 0 radical (unpaired) electrons. The number of hydrogen-bond acceptors (Lipinski definition) is 3. The molecular formula is C22H26N2O3. The molecule has 2 amide bonds. The van der Waals surface area contributed by atoms with Crippen LogP contribution in [0, 0.1) is 13.8 Å². The number of carbonyl (C=O) groups is 2. The van der Waals surface area contributed by atoms with E-state index in [1.165, 1.54) is 5.56 Å². The van der Waals surface area contributed by atoms with E-state index in [-0.39, 0.29) is 24.5 Å². The first-order valence-corrected chi connectivity index (χ1v) is 9.37. The first kappa shape index (κ1) is 19.0. The number of hydrogen-bond donors (Lipinski definition) is 1. The van der Waals surface area contributed by atoms with Gasteiger partial charge in [0, 0.05) is 12.2 Å². The van der Waals surface area contributed by atoms with Gasteiger partial charge in [-0.3, -0.25) is 4.79 Å². The number of benzene rings is 2.